The third-order valence-corrected chi connectivity index (χ3v) is 3.46. The number of carbonyl (C=O) groups is 1. The number of nitrogens with zero attached hydrogens (tertiary/aromatic N) is 3. The van der Waals surface area contributed by atoms with Gasteiger partial charge in [0.25, 0.3) is 0 Å². The largest absolute Gasteiger partial charge is 0.448 e. The van der Waals surface area contributed by atoms with E-state index in [1.165, 1.54) is 12.3 Å². The molecule has 1 aliphatic rings. The average molecular weight is 275 g/mol. The summed E-state index contributed by atoms with van der Waals surface area (Å²) in [5, 5.41) is 0. The summed E-state index contributed by atoms with van der Waals surface area (Å²) in [6, 6.07) is 2.90. The molecular weight excluding hydrogens is 261 g/mol. The van der Waals surface area contributed by atoms with Crippen LogP contribution in [0.25, 0.3) is 11.4 Å². The van der Waals surface area contributed by atoms with Crippen LogP contribution in [0, 0.1) is 5.82 Å². The van der Waals surface area contributed by atoms with Gasteiger partial charge in [-0.1, -0.05) is 0 Å². The summed E-state index contributed by atoms with van der Waals surface area (Å²) in [7, 11) is 0. The number of halogens is 1. The molecule has 1 atom stereocenters. The van der Waals surface area contributed by atoms with Crippen LogP contribution in [0.5, 0.6) is 0 Å². The van der Waals surface area contributed by atoms with Crippen molar-refractivity contribution in [1.82, 2.24) is 14.9 Å². The molecule has 0 N–H and O–H groups in total. The van der Waals surface area contributed by atoms with Crippen LogP contribution < -0.4 is 0 Å². The zero-order valence-electron chi connectivity index (χ0n) is 10.8. The minimum atomic E-state index is -0.383. The summed E-state index contributed by atoms with van der Waals surface area (Å²) in [5.41, 5.74) is 1.16. The van der Waals surface area contributed by atoms with E-state index in [0.29, 0.717) is 23.8 Å². The van der Waals surface area contributed by atoms with Crippen molar-refractivity contribution in [1.29, 1.82) is 0 Å². The number of likely N-dealkylation sites (tertiary alicyclic amines) is 1. The van der Waals surface area contributed by atoms with Gasteiger partial charge in [-0.25, -0.2) is 9.37 Å². The molecule has 2 aromatic heterocycles. The second-order valence-corrected chi connectivity index (χ2v) is 4.87. The van der Waals surface area contributed by atoms with Gasteiger partial charge in [-0.05, 0) is 25.0 Å². The maximum atomic E-state index is 12.8. The zero-order valence-corrected chi connectivity index (χ0v) is 10.8. The highest BCUT2D eigenvalue weighted by molar-refractivity contribution is 5.52. The van der Waals surface area contributed by atoms with Crippen molar-refractivity contribution in [3.8, 4) is 11.4 Å². The molecule has 3 rings (SSSR count). The van der Waals surface area contributed by atoms with Crippen molar-refractivity contribution in [2.75, 3.05) is 13.1 Å². The highest BCUT2D eigenvalue weighted by Gasteiger charge is 2.24. The molecule has 1 amide bonds. The normalized spacial score (nSPS) is 19.1. The SMILES string of the molecule is O=CN1CCCC(c2nc(-c3ccc(F)cn3)co2)C1. The first-order valence-electron chi connectivity index (χ1n) is 6.53. The van der Waals surface area contributed by atoms with Crippen molar-refractivity contribution in [2.45, 2.75) is 18.8 Å². The van der Waals surface area contributed by atoms with Crippen LogP contribution in [-0.2, 0) is 4.79 Å². The van der Waals surface area contributed by atoms with Gasteiger partial charge in [-0.2, -0.15) is 0 Å². The lowest BCUT2D eigenvalue weighted by Crippen LogP contribution is -2.33. The Balaban J connectivity index is 1.79. The smallest absolute Gasteiger partial charge is 0.209 e. The molecule has 1 saturated heterocycles. The van der Waals surface area contributed by atoms with Crippen molar-refractivity contribution < 1.29 is 13.6 Å². The molecule has 0 bridgehead atoms. The molecule has 1 fully saturated rings. The van der Waals surface area contributed by atoms with E-state index in [4.69, 9.17) is 4.42 Å². The van der Waals surface area contributed by atoms with Crippen LogP contribution >= 0.6 is 0 Å². The predicted molar refractivity (Wildman–Crippen MR) is 69.3 cm³/mol. The lowest BCUT2D eigenvalue weighted by atomic mass is 9.98. The Kier molecular flexibility index (Phi) is 3.45. The van der Waals surface area contributed by atoms with Gasteiger partial charge < -0.3 is 9.32 Å². The van der Waals surface area contributed by atoms with Crippen LogP contribution in [0.1, 0.15) is 24.7 Å². The Bertz CT molecular complexity index is 597. The van der Waals surface area contributed by atoms with Crippen molar-refractivity contribution in [2.24, 2.45) is 0 Å². The molecule has 1 aliphatic heterocycles. The standard InChI is InChI=1S/C14H14FN3O2/c15-11-3-4-12(16-6-11)13-8-20-14(17-13)10-2-1-5-18(7-10)9-19/h3-4,6,8-10H,1-2,5,7H2. The number of amides is 1. The van der Waals surface area contributed by atoms with E-state index >= 15 is 0 Å². The zero-order chi connectivity index (χ0) is 13.9. The molecule has 1 unspecified atom stereocenters. The monoisotopic (exact) mass is 275 g/mol. The number of hydrogen-bond donors (Lipinski definition) is 0. The third-order valence-electron chi connectivity index (χ3n) is 3.46. The Morgan fingerprint density at radius 1 is 1.40 bits per heavy atom. The molecule has 0 aromatic carbocycles. The highest BCUT2D eigenvalue weighted by Crippen LogP contribution is 2.27. The first-order chi connectivity index (χ1) is 9.76. The first-order valence-corrected chi connectivity index (χ1v) is 6.53. The van der Waals surface area contributed by atoms with E-state index in [2.05, 4.69) is 9.97 Å². The lowest BCUT2D eigenvalue weighted by Gasteiger charge is -2.27. The quantitative estimate of drug-likeness (QED) is 0.806. The molecule has 6 heteroatoms. The first kappa shape index (κ1) is 12.8. The van der Waals surface area contributed by atoms with E-state index in [1.807, 2.05) is 0 Å². The van der Waals surface area contributed by atoms with Crippen LogP contribution in [0.4, 0.5) is 4.39 Å². The van der Waals surface area contributed by atoms with Gasteiger partial charge in [0.2, 0.25) is 6.41 Å². The van der Waals surface area contributed by atoms with Gasteiger partial charge >= 0.3 is 0 Å². The minimum absolute atomic E-state index is 0.114. The fourth-order valence-electron chi connectivity index (χ4n) is 2.42. The average Bonchev–Trinajstić information content (AvgIpc) is 2.98. The number of piperidine rings is 1. The molecule has 0 saturated carbocycles. The van der Waals surface area contributed by atoms with Crippen molar-refractivity contribution in [3.05, 3.63) is 36.3 Å². The van der Waals surface area contributed by atoms with Gasteiger partial charge in [0.15, 0.2) is 5.89 Å². The van der Waals surface area contributed by atoms with Crippen LogP contribution in [0.2, 0.25) is 0 Å². The Hall–Kier alpha value is -2.24. The van der Waals surface area contributed by atoms with E-state index in [1.54, 1.807) is 11.0 Å². The molecule has 2 aromatic rings. The Morgan fingerprint density at radius 3 is 3.05 bits per heavy atom. The number of hydrogen-bond acceptors (Lipinski definition) is 4. The molecule has 0 radical (unpaired) electrons. The van der Waals surface area contributed by atoms with Gasteiger partial charge in [0, 0.05) is 13.1 Å². The van der Waals surface area contributed by atoms with E-state index in [-0.39, 0.29) is 11.7 Å². The van der Waals surface area contributed by atoms with Crippen LogP contribution in [-0.4, -0.2) is 34.4 Å². The maximum Gasteiger partial charge on any atom is 0.209 e. The molecule has 3 heterocycles. The van der Waals surface area contributed by atoms with Crippen molar-refractivity contribution >= 4 is 6.41 Å². The van der Waals surface area contributed by atoms with Gasteiger partial charge in [0.1, 0.15) is 17.8 Å². The third kappa shape index (κ3) is 2.54. The van der Waals surface area contributed by atoms with Crippen LogP contribution in [0.3, 0.4) is 0 Å². The molecule has 20 heavy (non-hydrogen) atoms. The summed E-state index contributed by atoms with van der Waals surface area (Å²) in [5.74, 6) is 0.340. The summed E-state index contributed by atoms with van der Waals surface area (Å²) < 4.78 is 18.3. The second-order valence-electron chi connectivity index (χ2n) is 4.87. The van der Waals surface area contributed by atoms with Crippen molar-refractivity contribution in [3.63, 3.8) is 0 Å². The topological polar surface area (TPSA) is 59.2 Å². The number of pyridine rings is 1. The van der Waals surface area contributed by atoms with Gasteiger partial charge in [-0.3, -0.25) is 9.78 Å². The number of aromatic nitrogens is 2. The summed E-state index contributed by atoms with van der Waals surface area (Å²) >= 11 is 0. The predicted octanol–water partition coefficient (Wildman–Crippen LogP) is 2.21. The fraction of sp³-hybridized carbons (Fsp3) is 0.357. The summed E-state index contributed by atoms with van der Waals surface area (Å²) in [6.07, 6.45) is 5.42. The lowest BCUT2D eigenvalue weighted by molar-refractivity contribution is -0.119. The van der Waals surface area contributed by atoms with E-state index in [0.717, 1.165) is 32.0 Å². The van der Waals surface area contributed by atoms with Crippen LogP contribution in [0.15, 0.2) is 29.0 Å². The number of carbonyl (C=O) groups excluding carboxylic acids is 1. The fourth-order valence-corrected chi connectivity index (χ4v) is 2.42. The minimum Gasteiger partial charge on any atom is -0.448 e. The molecular formula is C14H14FN3O2. The number of rotatable bonds is 3. The Labute approximate surface area is 115 Å². The highest BCUT2D eigenvalue weighted by atomic mass is 19.1. The second kappa shape index (κ2) is 5.40. The maximum absolute atomic E-state index is 12.8. The van der Waals surface area contributed by atoms with Gasteiger partial charge in [-0.15, -0.1) is 0 Å². The van der Waals surface area contributed by atoms with E-state index in [9.17, 15) is 9.18 Å². The summed E-state index contributed by atoms with van der Waals surface area (Å²) in [4.78, 5) is 20.9. The Morgan fingerprint density at radius 2 is 2.30 bits per heavy atom. The number of oxazole rings is 1. The van der Waals surface area contributed by atoms with Gasteiger partial charge in [0.05, 0.1) is 17.8 Å². The van der Waals surface area contributed by atoms with E-state index < -0.39 is 0 Å². The molecule has 104 valence electrons. The molecule has 0 aliphatic carbocycles. The molecule has 0 spiro atoms. The molecule has 5 nitrogen and oxygen atoms in total. The summed E-state index contributed by atoms with van der Waals surface area (Å²) in [6.45, 7) is 1.41.